The lowest BCUT2D eigenvalue weighted by molar-refractivity contribution is -0.129. The van der Waals surface area contributed by atoms with Gasteiger partial charge in [-0.1, -0.05) is 15.9 Å². The number of carbonyl (C=O) groups excluding carboxylic acids is 1. The minimum Gasteiger partial charge on any atom is -0.383 e. The van der Waals surface area contributed by atoms with E-state index in [0.717, 1.165) is 11.8 Å². The second kappa shape index (κ2) is 5.28. The molecule has 0 saturated heterocycles. The molecule has 20 heavy (non-hydrogen) atoms. The van der Waals surface area contributed by atoms with Crippen molar-refractivity contribution in [3.8, 4) is 0 Å². The van der Waals surface area contributed by atoms with Gasteiger partial charge in [0.25, 0.3) is 0 Å². The molecule has 0 aliphatic heterocycles. The fourth-order valence-corrected chi connectivity index (χ4v) is 7.01. The highest BCUT2D eigenvalue weighted by Crippen LogP contribution is 2.65. The molecule has 4 aliphatic carbocycles. The number of amides is 1. The lowest BCUT2D eigenvalue weighted by atomic mass is 9.48. The van der Waals surface area contributed by atoms with Gasteiger partial charge in [0.05, 0.1) is 6.61 Å². The van der Waals surface area contributed by atoms with E-state index < -0.39 is 0 Å². The normalized spacial score (nSPS) is 43.5. The van der Waals surface area contributed by atoms with Crippen molar-refractivity contribution >= 4 is 21.8 Å². The minimum absolute atomic E-state index is 0.111. The molecule has 4 fully saturated rings. The zero-order valence-electron chi connectivity index (χ0n) is 12.6. The Balaban J connectivity index is 1.63. The van der Waals surface area contributed by atoms with Crippen LogP contribution in [0.25, 0.3) is 0 Å². The Morgan fingerprint density at radius 2 is 2.00 bits per heavy atom. The molecular formula is C16H26BrNO2. The maximum Gasteiger partial charge on any atom is 0.220 e. The third-order valence-electron chi connectivity index (χ3n) is 5.47. The molecule has 0 aromatic carbocycles. The maximum absolute atomic E-state index is 12.3. The molecule has 3 atom stereocenters. The van der Waals surface area contributed by atoms with Crippen molar-refractivity contribution in [3.05, 3.63) is 0 Å². The summed E-state index contributed by atoms with van der Waals surface area (Å²) in [6, 6.07) is 0.111. The van der Waals surface area contributed by atoms with E-state index in [-0.39, 0.29) is 17.4 Å². The predicted molar refractivity (Wildman–Crippen MR) is 82.9 cm³/mol. The number of rotatable bonds is 5. The monoisotopic (exact) mass is 343 g/mol. The average molecular weight is 344 g/mol. The van der Waals surface area contributed by atoms with Crippen LogP contribution in [-0.4, -0.2) is 30.0 Å². The van der Waals surface area contributed by atoms with Gasteiger partial charge in [-0.15, -0.1) is 0 Å². The molecule has 0 heterocycles. The summed E-state index contributed by atoms with van der Waals surface area (Å²) < 4.78 is 5.43. The number of ether oxygens (including phenoxy) is 1. The quantitative estimate of drug-likeness (QED) is 0.778. The van der Waals surface area contributed by atoms with E-state index in [2.05, 4.69) is 21.2 Å². The molecule has 0 aromatic rings. The van der Waals surface area contributed by atoms with Gasteiger partial charge in [0.2, 0.25) is 5.91 Å². The number of halogens is 1. The van der Waals surface area contributed by atoms with Crippen LogP contribution in [0.4, 0.5) is 0 Å². The maximum atomic E-state index is 12.3. The first-order valence-electron chi connectivity index (χ1n) is 7.89. The zero-order chi connectivity index (χ0) is 14.4. The van der Waals surface area contributed by atoms with Crippen LogP contribution in [0.5, 0.6) is 0 Å². The number of methoxy groups -OCH3 is 1. The first-order valence-corrected chi connectivity index (χ1v) is 8.69. The van der Waals surface area contributed by atoms with E-state index in [0.29, 0.717) is 17.4 Å². The molecule has 4 heteroatoms. The minimum atomic E-state index is 0.111. The highest BCUT2D eigenvalue weighted by Gasteiger charge is 2.57. The lowest BCUT2D eigenvalue weighted by Crippen LogP contribution is -2.54. The third-order valence-corrected chi connectivity index (χ3v) is 6.40. The molecule has 114 valence electrons. The Morgan fingerprint density at radius 3 is 2.55 bits per heavy atom. The lowest BCUT2D eigenvalue weighted by Gasteiger charge is -2.60. The van der Waals surface area contributed by atoms with E-state index in [1.165, 1.54) is 38.5 Å². The summed E-state index contributed by atoms with van der Waals surface area (Å²) in [5.74, 6) is 1.91. The Hall–Kier alpha value is -0.0900. The van der Waals surface area contributed by atoms with E-state index in [1.54, 1.807) is 7.11 Å². The highest BCUT2D eigenvalue weighted by molar-refractivity contribution is 9.10. The van der Waals surface area contributed by atoms with Crippen LogP contribution in [0, 0.1) is 17.3 Å². The Kier molecular flexibility index (Phi) is 3.91. The van der Waals surface area contributed by atoms with Crippen molar-refractivity contribution in [1.82, 2.24) is 5.32 Å². The van der Waals surface area contributed by atoms with Crippen LogP contribution < -0.4 is 5.32 Å². The number of nitrogens with one attached hydrogen (secondary N) is 1. The van der Waals surface area contributed by atoms with Crippen molar-refractivity contribution in [2.45, 2.75) is 62.2 Å². The Labute approximate surface area is 130 Å². The summed E-state index contributed by atoms with van der Waals surface area (Å²) in [7, 11) is 1.68. The molecule has 4 rings (SSSR count). The molecule has 4 bridgehead atoms. The molecular weight excluding hydrogens is 318 g/mol. The third kappa shape index (κ3) is 2.92. The molecule has 1 N–H and O–H groups in total. The first kappa shape index (κ1) is 14.8. The molecule has 4 saturated carbocycles. The molecule has 3 unspecified atom stereocenters. The van der Waals surface area contributed by atoms with E-state index in [9.17, 15) is 4.79 Å². The van der Waals surface area contributed by atoms with Crippen molar-refractivity contribution in [2.75, 3.05) is 13.7 Å². The van der Waals surface area contributed by atoms with Gasteiger partial charge in [-0.3, -0.25) is 4.79 Å². The molecule has 0 aromatic heterocycles. The zero-order valence-corrected chi connectivity index (χ0v) is 14.2. The van der Waals surface area contributed by atoms with Gasteiger partial charge in [0, 0.05) is 23.9 Å². The summed E-state index contributed by atoms with van der Waals surface area (Å²) in [6.45, 7) is 2.60. The van der Waals surface area contributed by atoms with Crippen LogP contribution in [0.15, 0.2) is 0 Å². The summed E-state index contributed by atoms with van der Waals surface area (Å²) in [4.78, 5) is 12.3. The fourth-order valence-electron chi connectivity index (χ4n) is 5.50. The van der Waals surface area contributed by atoms with Gasteiger partial charge in [0.1, 0.15) is 0 Å². The summed E-state index contributed by atoms with van der Waals surface area (Å²) in [6.07, 6.45) is 8.49. The molecule has 1 amide bonds. The number of hydrogen-bond donors (Lipinski definition) is 1. The first-order chi connectivity index (χ1) is 9.42. The van der Waals surface area contributed by atoms with Crippen molar-refractivity contribution in [2.24, 2.45) is 17.3 Å². The Morgan fingerprint density at radius 1 is 1.35 bits per heavy atom. The average Bonchev–Trinajstić information content (AvgIpc) is 2.23. The topological polar surface area (TPSA) is 38.3 Å². The number of carbonyl (C=O) groups is 1. The predicted octanol–water partition coefficient (Wildman–Crippen LogP) is 3.26. The number of alkyl halides is 1. The highest BCUT2D eigenvalue weighted by atomic mass is 79.9. The second-order valence-electron chi connectivity index (χ2n) is 7.71. The second-order valence-corrected chi connectivity index (χ2v) is 9.39. The Bertz CT molecular complexity index is 384. The molecule has 3 nitrogen and oxygen atoms in total. The smallest absolute Gasteiger partial charge is 0.220 e. The van der Waals surface area contributed by atoms with Crippen molar-refractivity contribution < 1.29 is 9.53 Å². The molecule has 4 aliphatic rings. The summed E-state index contributed by atoms with van der Waals surface area (Å²) in [5, 5.41) is 3.09. The van der Waals surface area contributed by atoms with Crippen LogP contribution in [-0.2, 0) is 9.53 Å². The van der Waals surface area contributed by atoms with E-state index in [4.69, 9.17) is 4.74 Å². The van der Waals surface area contributed by atoms with Crippen molar-refractivity contribution in [3.63, 3.8) is 0 Å². The van der Waals surface area contributed by atoms with Crippen LogP contribution in [0.3, 0.4) is 0 Å². The van der Waals surface area contributed by atoms with Gasteiger partial charge in [-0.2, -0.15) is 0 Å². The summed E-state index contributed by atoms with van der Waals surface area (Å²) in [5.41, 5.74) is 0.268. The fraction of sp³-hybridized carbons (Fsp3) is 0.938. The van der Waals surface area contributed by atoms with Crippen LogP contribution >= 0.6 is 15.9 Å². The SMILES string of the molecule is COCC(C)NC(=O)CC12CC3CC(CC(Br)(C3)C1)C2. The van der Waals surface area contributed by atoms with Gasteiger partial charge in [-0.25, -0.2) is 0 Å². The van der Waals surface area contributed by atoms with Crippen LogP contribution in [0.1, 0.15) is 51.9 Å². The standard InChI is InChI=1S/C16H26BrNO2/c1-11(9-20-2)18-14(19)8-15-4-12-3-13(5-15)7-16(17,6-12)10-15/h11-13H,3-10H2,1-2H3,(H,18,19). The van der Waals surface area contributed by atoms with Crippen LogP contribution in [0.2, 0.25) is 0 Å². The van der Waals surface area contributed by atoms with E-state index >= 15 is 0 Å². The van der Waals surface area contributed by atoms with Crippen molar-refractivity contribution in [1.29, 1.82) is 0 Å². The van der Waals surface area contributed by atoms with Gasteiger partial charge < -0.3 is 10.1 Å². The van der Waals surface area contributed by atoms with Gasteiger partial charge in [0.15, 0.2) is 0 Å². The largest absolute Gasteiger partial charge is 0.383 e. The molecule has 0 spiro atoms. The van der Waals surface area contributed by atoms with Gasteiger partial charge >= 0.3 is 0 Å². The summed E-state index contributed by atoms with van der Waals surface area (Å²) >= 11 is 4.01. The number of hydrogen-bond acceptors (Lipinski definition) is 2. The van der Waals surface area contributed by atoms with Gasteiger partial charge in [-0.05, 0) is 62.7 Å². The molecule has 0 radical (unpaired) electrons. The van der Waals surface area contributed by atoms with E-state index in [1.807, 2.05) is 6.92 Å².